The third-order valence-corrected chi connectivity index (χ3v) is 3.96. The van der Waals surface area contributed by atoms with Gasteiger partial charge in [0, 0.05) is 23.9 Å². The number of unbranched alkanes of at least 4 members (excludes halogenated alkanes) is 1. The summed E-state index contributed by atoms with van der Waals surface area (Å²) in [6.07, 6.45) is 2.87. The van der Waals surface area contributed by atoms with Crippen molar-refractivity contribution < 1.29 is 9.53 Å². The minimum atomic E-state index is -0.165. The topological polar surface area (TPSA) is 71.2 Å². The number of carbonyl (C=O) groups is 1. The highest BCUT2D eigenvalue weighted by Crippen LogP contribution is 2.28. The number of hydrogen-bond acceptors (Lipinski definition) is 3. The predicted molar refractivity (Wildman–Crippen MR) is 92.4 cm³/mol. The number of methoxy groups -OCH3 is 1. The molecule has 0 fully saturated rings. The van der Waals surface area contributed by atoms with Crippen LogP contribution in [-0.2, 0) is 11.2 Å². The number of carbonyl (C=O) groups excluding carboxylic acids is 1. The van der Waals surface area contributed by atoms with Crippen LogP contribution in [0.15, 0.2) is 23.0 Å². The lowest BCUT2D eigenvalue weighted by molar-refractivity contribution is -0.121. The second kappa shape index (κ2) is 8.02. The number of amides is 1. The molecule has 5 nitrogen and oxygen atoms in total. The Hall–Kier alpha value is -2.01. The van der Waals surface area contributed by atoms with Crippen LogP contribution in [0.4, 0.5) is 0 Å². The average molecular weight is 337 g/mol. The highest BCUT2D eigenvalue weighted by Gasteiger charge is 2.08. The minimum Gasteiger partial charge on any atom is -0.495 e. The molecule has 0 saturated heterocycles. The van der Waals surface area contributed by atoms with Crippen LogP contribution in [0.3, 0.4) is 0 Å². The molecule has 0 saturated carbocycles. The second-order valence-electron chi connectivity index (χ2n) is 5.40. The quantitative estimate of drug-likeness (QED) is 0.816. The van der Waals surface area contributed by atoms with Crippen molar-refractivity contribution in [3.8, 4) is 5.75 Å². The first-order valence-corrected chi connectivity index (χ1v) is 8.09. The number of halogens is 1. The van der Waals surface area contributed by atoms with Gasteiger partial charge < -0.3 is 15.0 Å². The molecular weight excluding hydrogens is 316 g/mol. The van der Waals surface area contributed by atoms with Gasteiger partial charge in [0.2, 0.25) is 5.91 Å². The first kappa shape index (κ1) is 17.3. The van der Waals surface area contributed by atoms with Gasteiger partial charge >= 0.3 is 0 Å². The Kier molecular flexibility index (Phi) is 6.04. The van der Waals surface area contributed by atoms with E-state index in [0.29, 0.717) is 41.2 Å². The van der Waals surface area contributed by atoms with Crippen molar-refractivity contribution >= 4 is 28.4 Å². The standard InChI is InChI=1S/C17H21ClN2O3/c1-3-4-5-16(21)19-7-6-11-8-12-9-15(23-2)13(18)10-14(12)20-17(11)22/h8-10H,3-7H2,1-2H3,(H,19,21)(H,20,22). The molecule has 23 heavy (non-hydrogen) atoms. The summed E-state index contributed by atoms with van der Waals surface area (Å²) in [6, 6.07) is 5.27. The van der Waals surface area contributed by atoms with Crippen molar-refractivity contribution in [1.82, 2.24) is 10.3 Å². The maximum atomic E-state index is 12.1. The summed E-state index contributed by atoms with van der Waals surface area (Å²) in [5.41, 5.74) is 1.12. The van der Waals surface area contributed by atoms with Crippen molar-refractivity contribution in [3.05, 3.63) is 39.1 Å². The highest BCUT2D eigenvalue weighted by atomic mass is 35.5. The number of nitrogens with one attached hydrogen (secondary N) is 2. The van der Waals surface area contributed by atoms with Crippen LogP contribution in [0.1, 0.15) is 31.7 Å². The first-order valence-electron chi connectivity index (χ1n) is 7.71. The summed E-state index contributed by atoms with van der Waals surface area (Å²) < 4.78 is 5.19. The molecule has 2 aromatic rings. The van der Waals surface area contributed by atoms with Gasteiger partial charge in [0.15, 0.2) is 0 Å². The number of pyridine rings is 1. The smallest absolute Gasteiger partial charge is 0.251 e. The zero-order valence-corrected chi connectivity index (χ0v) is 14.1. The maximum absolute atomic E-state index is 12.1. The van der Waals surface area contributed by atoms with Crippen LogP contribution in [0, 0.1) is 0 Å². The average Bonchev–Trinajstić information content (AvgIpc) is 2.53. The Morgan fingerprint density at radius 3 is 2.83 bits per heavy atom. The summed E-state index contributed by atoms with van der Waals surface area (Å²) in [5, 5.41) is 4.13. The van der Waals surface area contributed by atoms with Gasteiger partial charge in [-0.25, -0.2) is 0 Å². The lowest BCUT2D eigenvalue weighted by Gasteiger charge is -2.08. The van der Waals surface area contributed by atoms with Crippen LogP contribution in [0.2, 0.25) is 5.02 Å². The number of ether oxygens (including phenoxy) is 1. The van der Waals surface area contributed by atoms with E-state index in [4.69, 9.17) is 16.3 Å². The first-order chi connectivity index (χ1) is 11.0. The summed E-state index contributed by atoms with van der Waals surface area (Å²) in [6.45, 7) is 2.49. The molecule has 0 radical (unpaired) electrons. The van der Waals surface area contributed by atoms with E-state index in [9.17, 15) is 9.59 Å². The lowest BCUT2D eigenvalue weighted by Crippen LogP contribution is -2.27. The summed E-state index contributed by atoms with van der Waals surface area (Å²) in [7, 11) is 1.55. The molecule has 0 aliphatic carbocycles. The molecule has 1 amide bonds. The molecule has 0 aliphatic rings. The van der Waals surface area contributed by atoms with E-state index in [1.807, 2.05) is 13.0 Å². The fourth-order valence-electron chi connectivity index (χ4n) is 2.36. The van der Waals surface area contributed by atoms with Crippen LogP contribution in [0.25, 0.3) is 10.9 Å². The molecule has 2 rings (SSSR count). The predicted octanol–water partition coefficient (Wildman–Crippen LogP) is 3.04. The molecule has 0 spiro atoms. The highest BCUT2D eigenvalue weighted by molar-refractivity contribution is 6.32. The van der Waals surface area contributed by atoms with Crippen LogP contribution < -0.4 is 15.6 Å². The Labute approximate surface area is 140 Å². The van der Waals surface area contributed by atoms with Gasteiger partial charge in [-0.1, -0.05) is 24.9 Å². The molecule has 0 atom stereocenters. The van der Waals surface area contributed by atoms with Gasteiger partial charge in [0.25, 0.3) is 5.56 Å². The minimum absolute atomic E-state index is 0.0255. The maximum Gasteiger partial charge on any atom is 0.251 e. The van der Waals surface area contributed by atoms with Crippen molar-refractivity contribution in [3.63, 3.8) is 0 Å². The molecule has 1 aromatic heterocycles. The molecule has 0 aliphatic heterocycles. The van der Waals surface area contributed by atoms with E-state index < -0.39 is 0 Å². The van der Waals surface area contributed by atoms with Gasteiger partial charge in [-0.2, -0.15) is 0 Å². The van der Waals surface area contributed by atoms with E-state index in [2.05, 4.69) is 10.3 Å². The molecule has 2 N–H and O–H groups in total. The summed E-state index contributed by atoms with van der Waals surface area (Å²) >= 11 is 6.06. The molecule has 1 heterocycles. The van der Waals surface area contributed by atoms with Gasteiger partial charge in [-0.3, -0.25) is 9.59 Å². The van der Waals surface area contributed by atoms with Gasteiger partial charge in [-0.05, 0) is 31.0 Å². The van der Waals surface area contributed by atoms with Crippen molar-refractivity contribution in [1.29, 1.82) is 0 Å². The second-order valence-corrected chi connectivity index (χ2v) is 5.81. The summed E-state index contributed by atoms with van der Waals surface area (Å²) in [5.74, 6) is 0.586. The van der Waals surface area contributed by atoms with Gasteiger partial charge in [0.1, 0.15) is 5.75 Å². The molecule has 124 valence electrons. The normalized spacial score (nSPS) is 10.7. The Morgan fingerprint density at radius 1 is 1.35 bits per heavy atom. The van der Waals surface area contributed by atoms with E-state index >= 15 is 0 Å². The fourth-order valence-corrected chi connectivity index (χ4v) is 2.60. The van der Waals surface area contributed by atoms with E-state index in [1.54, 1.807) is 19.2 Å². The SMILES string of the molecule is CCCCC(=O)NCCc1cc2cc(OC)c(Cl)cc2[nH]c1=O. The summed E-state index contributed by atoms with van der Waals surface area (Å²) in [4.78, 5) is 26.5. The van der Waals surface area contributed by atoms with Crippen LogP contribution in [0.5, 0.6) is 5.75 Å². The van der Waals surface area contributed by atoms with E-state index in [0.717, 1.165) is 18.2 Å². The lowest BCUT2D eigenvalue weighted by atomic mass is 10.1. The van der Waals surface area contributed by atoms with E-state index in [-0.39, 0.29) is 11.5 Å². The van der Waals surface area contributed by atoms with E-state index in [1.165, 1.54) is 0 Å². The third kappa shape index (κ3) is 4.48. The molecule has 1 aromatic carbocycles. The van der Waals surface area contributed by atoms with Crippen molar-refractivity contribution in [2.75, 3.05) is 13.7 Å². The Morgan fingerprint density at radius 2 is 2.13 bits per heavy atom. The molecule has 0 unspecified atom stereocenters. The number of H-pyrrole nitrogens is 1. The Bertz CT molecular complexity index is 755. The number of aromatic amines is 1. The number of hydrogen-bond donors (Lipinski definition) is 2. The molecule has 6 heteroatoms. The largest absolute Gasteiger partial charge is 0.495 e. The van der Waals surface area contributed by atoms with Gasteiger partial charge in [-0.15, -0.1) is 0 Å². The monoisotopic (exact) mass is 336 g/mol. The van der Waals surface area contributed by atoms with Crippen molar-refractivity contribution in [2.24, 2.45) is 0 Å². The van der Waals surface area contributed by atoms with Crippen molar-refractivity contribution in [2.45, 2.75) is 32.6 Å². The number of benzene rings is 1. The fraction of sp³-hybridized carbons (Fsp3) is 0.412. The number of rotatable bonds is 7. The van der Waals surface area contributed by atoms with Gasteiger partial charge in [0.05, 0.1) is 17.6 Å². The number of aromatic nitrogens is 1. The van der Waals surface area contributed by atoms with Crippen LogP contribution in [-0.4, -0.2) is 24.5 Å². The molecular formula is C17H21ClN2O3. The van der Waals surface area contributed by atoms with Crippen LogP contribution >= 0.6 is 11.6 Å². The zero-order valence-electron chi connectivity index (χ0n) is 13.4. The Balaban J connectivity index is 2.11. The number of fused-ring (bicyclic) bond motifs is 1. The molecule has 0 bridgehead atoms. The zero-order chi connectivity index (χ0) is 16.8. The third-order valence-electron chi connectivity index (χ3n) is 3.67.